The lowest BCUT2D eigenvalue weighted by Gasteiger charge is -2.16. The van der Waals surface area contributed by atoms with E-state index >= 15 is 0 Å². The van der Waals surface area contributed by atoms with Crippen LogP contribution in [0.1, 0.15) is 12.5 Å². The van der Waals surface area contributed by atoms with Gasteiger partial charge in [-0.2, -0.15) is 19.3 Å². The molecule has 336 valence electrons. The number of carbonyl (C=O) groups is 1. The molecule has 0 aliphatic carbocycles. The average Bonchev–Trinajstić information content (AvgIpc) is 3.85. The summed E-state index contributed by atoms with van der Waals surface area (Å²) in [5.74, 6) is -1.16. The van der Waals surface area contributed by atoms with Gasteiger partial charge in [-0.15, -0.1) is 0 Å². The van der Waals surface area contributed by atoms with E-state index in [0.29, 0.717) is 11.4 Å². The highest BCUT2D eigenvalue weighted by Crippen LogP contribution is 2.39. The number of aliphatic hydroxyl groups is 5. The minimum atomic E-state index is -4.78. The molecule has 2 aliphatic heterocycles. The maximum Gasteiger partial charge on any atom is 0.469 e. The predicted molar refractivity (Wildman–Crippen MR) is 208 cm³/mol. The lowest BCUT2D eigenvalue weighted by molar-refractivity contribution is -0.134. The topological polar surface area (TPSA) is 426 Å². The molecular formula is C33H40FN10O16PS. The summed E-state index contributed by atoms with van der Waals surface area (Å²) in [6, 6.07) is 13.2. The second-order valence-electron chi connectivity index (χ2n) is 13.1. The summed E-state index contributed by atoms with van der Waals surface area (Å²) in [5, 5.41) is 59.4. The number of fused-ring (bicyclic) bond motifs is 1. The van der Waals surface area contributed by atoms with Crippen LogP contribution in [0.3, 0.4) is 0 Å². The molecule has 29 heteroatoms. The fourth-order valence-corrected chi connectivity index (χ4v) is 7.41. The molecule has 8 atom stereocenters. The summed E-state index contributed by atoms with van der Waals surface area (Å²) in [4.78, 5) is 53.8. The van der Waals surface area contributed by atoms with Crippen molar-refractivity contribution >= 4 is 57.8 Å². The van der Waals surface area contributed by atoms with E-state index in [2.05, 4.69) is 29.8 Å². The number of nitrogens with two attached hydrogens (primary N) is 3. The van der Waals surface area contributed by atoms with Crippen LogP contribution >= 0.6 is 7.82 Å². The van der Waals surface area contributed by atoms with Crippen molar-refractivity contribution in [2.24, 2.45) is 0 Å². The molecule has 0 saturated carbocycles. The average molecular weight is 915 g/mol. The van der Waals surface area contributed by atoms with Crippen molar-refractivity contribution in [3.63, 3.8) is 0 Å². The molecule has 15 N–H and O–H groups in total. The van der Waals surface area contributed by atoms with E-state index in [4.69, 9.17) is 46.7 Å². The molecule has 0 spiro atoms. The molecule has 62 heavy (non-hydrogen) atoms. The van der Waals surface area contributed by atoms with E-state index in [1.54, 1.807) is 0 Å². The van der Waals surface area contributed by atoms with Gasteiger partial charge in [0.1, 0.15) is 49.0 Å². The van der Waals surface area contributed by atoms with Gasteiger partial charge in [-0.1, -0.05) is 0 Å². The summed E-state index contributed by atoms with van der Waals surface area (Å²) >= 11 is 0. The Labute approximate surface area is 347 Å². The Hall–Kier alpha value is -5.75. The predicted octanol–water partition coefficient (Wildman–Crippen LogP) is -2.69. The number of hydrogen-bond donors (Lipinski definition) is 12. The zero-order chi connectivity index (χ0) is 45.7. The first kappa shape index (κ1) is 47.3. The third-order valence-corrected chi connectivity index (χ3v) is 11.2. The Kier molecular flexibility index (Phi) is 14.9. The lowest BCUT2D eigenvalue weighted by Crippen LogP contribution is -2.36. The Bertz CT molecular complexity index is 2570. The largest absolute Gasteiger partial charge is 0.480 e. The number of rotatable bonds is 11. The van der Waals surface area contributed by atoms with Crippen LogP contribution in [0.4, 0.5) is 27.4 Å². The van der Waals surface area contributed by atoms with Crippen LogP contribution in [-0.4, -0.2) is 140 Å². The number of halogens is 1. The van der Waals surface area contributed by atoms with Crippen LogP contribution < -0.4 is 28.2 Å². The van der Waals surface area contributed by atoms with Crippen molar-refractivity contribution in [3.8, 4) is 0 Å². The van der Waals surface area contributed by atoms with E-state index in [1.807, 2.05) is 0 Å². The zero-order valence-corrected chi connectivity index (χ0v) is 33.3. The van der Waals surface area contributed by atoms with Crippen LogP contribution in [0.2, 0.25) is 0 Å². The molecule has 0 radical (unpaired) electrons. The fourth-order valence-electron chi connectivity index (χ4n) is 5.81. The molecule has 0 amide bonds. The molecule has 7 rings (SSSR count). The second-order valence-corrected chi connectivity index (χ2v) is 16.3. The first-order chi connectivity index (χ1) is 29.1. The van der Waals surface area contributed by atoms with Gasteiger partial charge in [0.25, 0.3) is 0 Å². The van der Waals surface area contributed by atoms with Crippen LogP contribution in [-0.2, 0) is 33.2 Å². The number of nitrogen functional groups attached to an aromatic ring is 3. The number of aliphatic hydroxyl groups excluding tert-OH is 5. The van der Waals surface area contributed by atoms with E-state index in [-0.39, 0.29) is 39.1 Å². The highest BCUT2D eigenvalue weighted by molar-refractivity contribution is 7.91. The second kappa shape index (κ2) is 19.5. The van der Waals surface area contributed by atoms with Gasteiger partial charge < -0.3 is 72.4 Å². The van der Waals surface area contributed by atoms with E-state index in [9.17, 15) is 47.4 Å². The number of benzene rings is 2. The van der Waals surface area contributed by atoms with E-state index in [1.165, 1.54) is 60.8 Å². The van der Waals surface area contributed by atoms with Crippen molar-refractivity contribution < 1.29 is 76.6 Å². The minimum absolute atomic E-state index is 0.0537. The standard InChI is InChI=1S/C14H14N2O4S.C10H13FN5O7P.C9H13N3O5/c15-10-1-5-12(6-2-10)21(19,20)13-7-3-11(4-8-13)16-9-14(17)18;11-10-14-7(12)4-8(15-10)16(2-13-4)9-6(18)5(17)3(23-9)1-22-24(19,20)21;10-5-1-2-12(9(16)11-5)8-7(15)6(14)4(3-13)17-8/h1-8,16H,9,15H2,(H,17,18);2-3,5-6,9,17-18H,1H2,(H2,12,14,15)(H2,19,20,21);1-2,4,6-8,13-15H,3H2,(H2,10,11,16)/t;3-,5-,6+,9-;4-,6-,7+,8-/m.11/s1. The van der Waals surface area contributed by atoms with Crippen LogP contribution in [0.15, 0.2) is 81.7 Å². The first-order valence-electron chi connectivity index (χ1n) is 17.6. The molecular weight excluding hydrogens is 874 g/mol. The quantitative estimate of drug-likeness (QED) is 0.0365. The van der Waals surface area contributed by atoms with E-state index in [0.717, 1.165) is 15.5 Å². The van der Waals surface area contributed by atoms with Crippen molar-refractivity contribution in [1.29, 1.82) is 0 Å². The van der Waals surface area contributed by atoms with Crippen LogP contribution in [0.5, 0.6) is 0 Å². The number of phosphoric ester groups is 1. The molecule has 3 aromatic heterocycles. The third kappa shape index (κ3) is 11.2. The number of sulfone groups is 1. The lowest BCUT2D eigenvalue weighted by atomic mass is 10.1. The summed E-state index contributed by atoms with van der Waals surface area (Å²) in [5.41, 5.74) is 16.7. The number of imidazole rings is 1. The maximum absolute atomic E-state index is 13.3. The number of carboxylic acids is 1. The van der Waals surface area contributed by atoms with Gasteiger partial charge in [0.05, 0.1) is 29.3 Å². The van der Waals surface area contributed by atoms with Crippen molar-refractivity contribution in [2.45, 2.75) is 58.9 Å². The maximum atomic E-state index is 13.3. The number of phosphoric acid groups is 1. The first-order valence-corrected chi connectivity index (χ1v) is 20.6. The fraction of sp³-hybridized carbons (Fsp3) is 0.333. The highest BCUT2D eigenvalue weighted by atomic mass is 32.2. The molecule has 5 aromatic rings. The molecule has 26 nitrogen and oxygen atoms in total. The van der Waals surface area contributed by atoms with Crippen molar-refractivity contribution in [2.75, 3.05) is 42.3 Å². The number of aromatic nitrogens is 6. The van der Waals surface area contributed by atoms with Gasteiger partial charge >= 0.3 is 25.6 Å². The van der Waals surface area contributed by atoms with E-state index < -0.39 is 97.7 Å². The number of hydrogen-bond acceptors (Lipinski definition) is 21. The van der Waals surface area contributed by atoms with Gasteiger partial charge in [-0.3, -0.25) is 18.5 Å². The highest BCUT2D eigenvalue weighted by Gasteiger charge is 2.46. The number of nitrogens with one attached hydrogen (secondary N) is 1. The molecule has 5 heterocycles. The van der Waals surface area contributed by atoms with Gasteiger partial charge in [0, 0.05) is 17.6 Å². The molecule has 2 saturated heterocycles. The van der Waals surface area contributed by atoms with Gasteiger partial charge in [0.15, 0.2) is 29.4 Å². The summed E-state index contributed by atoms with van der Waals surface area (Å²) < 4.78 is 65.7. The Morgan fingerprint density at radius 1 is 0.855 bits per heavy atom. The van der Waals surface area contributed by atoms with Crippen molar-refractivity contribution in [1.82, 2.24) is 29.1 Å². The summed E-state index contributed by atoms with van der Waals surface area (Å²) in [7, 11) is -8.38. The van der Waals surface area contributed by atoms with Gasteiger partial charge in [-0.25, -0.2) is 22.8 Å². The van der Waals surface area contributed by atoms with Gasteiger partial charge in [-0.05, 0) is 54.6 Å². The third-order valence-electron chi connectivity index (χ3n) is 8.88. The molecule has 2 fully saturated rings. The van der Waals surface area contributed by atoms with Crippen LogP contribution in [0, 0.1) is 6.08 Å². The number of aliphatic carboxylic acids is 1. The SMILES string of the molecule is Nc1ccc(S(=O)(=O)c2ccc(NCC(=O)O)cc2)cc1.Nc1ccn([C@@H]2O[C@H](CO)[C@@H](O)[C@@H]2O)c(=O)n1.Nc1nc(F)nc2c1ncn2[C@@H]1O[C@H](COP(=O)(O)O)[C@@H](O)[C@@H]1O. The summed E-state index contributed by atoms with van der Waals surface area (Å²) in [6.07, 6.45) is -8.73. The molecule has 2 aromatic carbocycles. The molecule has 2 aliphatic rings. The molecule has 0 bridgehead atoms. The van der Waals surface area contributed by atoms with Gasteiger partial charge in [0.2, 0.25) is 9.84 Å². The molecule has 0 unspecified atom stereocenters. The zero-order valence-electron chi connectivity index (χ0n) is 31.6. The number of nitrogens with zero attached hydrogens (tertiary/aromatic N) is 6. The minimum Gasteiger partial charge on any atom is -0.480 e. The Balaban J connectivity index is 0.000000178. The monoisotopic (exact) mass is 914 g/mol. The summed E-state index contributed by atoms with van der Waals surface area (Å²) in [6.45, 7) is -1.35. The normalized spacial score (nSPS) is 23.5. The Morgan fingerprint density at radius 2 is 1.42 bits per heavy atom. The smallest absolute Gasteiger partial charge is 0.469 e. The number of ether oxygens (including phenoxy) is 2. The number of carboxylic acid groups (broad SMARTS) is 1. The van der Waals surface area contributed by atoms with Crippen molar-refractivity contribution in [3.05, 3.63) is 83.7 Å². The number of anilines is 4. The Morgan fingerprint density at radius 3 is 1.97 bits per heavy atom. The van der Waals surface area contributed by atoms with Crippen LogP contribution in [0.25, 0.3) is 11.2 Å².